The van der Waals surface area contributed by atoms with Crippen LogP contribution in [0.15, 0.2) is 36.4 Å². The van der Waals surface area contributed by atoms with Crippen molar-refractivity contribution >= 4 is 11.6 Å². The molecule has 5 heteroatoms. The van der Waals surface area contributed by atoms with E-state index in [1.54, 1.807) is 7.11 Å². The van der Waals surface area contributed by atoms with Gasteiger partial charge in [0, 0.05) is 28.7 Å². The lowest BCUT2D eigenvalue weighted by atomic mass is 10.0. The molecule has 144 valence electrons. The Kier molecular flexibility index (Phi) is 5.31. The SMILES string of the molecule is COc1cc(Cl)cc2c1C[C@H](N1CCC[C@@H](N)C1)[C@H]2Oc1ccccc1C. The molecule has 0 spiro atoms. The van der Waals surface area contributed by atoms with Crippen LogP contribution in [-0.4, -0.2) is 37.2 Å². The summed E-state index contributed by atoms with van der Waals surface area (Å²) in [6.45, 7) is 4.04. The molecular weight excluding hydrogens is 360 g/mol. The number of benzene rings is 2. The Balaban J connectivity index is 1.73. The molecule has 2 aromatic carbocycles. The summed E-state index contributed by atoms with van der Waals surface area (Å²) in [7, 11) is 1.70. The van der Waals surface area contributed by atoms with Crippen LogP contribution in [-0.2, 0) is 6.42 Å². The van der Waals surface area contributed by atoms with Crippen LogP contribution in [0, 0.1) is 6.92 Å². The maximum atomic E-state index is 6.59. The lowest BCUT2D eigenvalue weighted by Crippen LogP contribution is -2.49. The van der Waals surface area contributed by atoms with Crippen molar-refractivity contribution < 1.29 is 9.47 Å². The number of likely N-dealkylation sites (tertiary alicyclic amines) is 1. The molecule has 1 fully saturated rings. The van der Waals surface area contributed by atoms with E-state index in [4.69, 9.17) is 26.8 Å². The molecule has 4 rings (SSSR count). The van der Waals surface area contributed by atoms with Crippen LogP contribution < -0.4 is 15.2 Å². The highest BCUT2D eigenvalue weighted by Gasteiger charge is 2.41. The minimum Gasteiger partial charge on any atom is -0.496 e. The van der Waals surface area contributed by atoms with E-state index < -0.39 is 0 Å². The zero-order valence-corrected chi connectivity index (χ0v) is 16.7. The van der Waals surface area contributed by atoms with Gasteiger partial charge < -0.3 is 15.2 Å². The normalized spacial score (nSPS) is 25.3. The van der Waals surface area contributed by atoms with Crippen LogP contribution in [0.25, 0.3) is 0 Å². The first-order chi connectivity index (χ1) is 13.1. The van der Waals surface area contributed by atoms with E-state index in [0.717, 1.165) is 55.0 Å². The Morgan fingerprint density at radius 1 is 1.19 bits per heavy atom. The van der Waals surface area contributed by atoms with E-state index in [9.17, 15) is 0 Å². The zero-order chi connectivity index (χ0) is 19.0. The molecular formula is C22H27ClN2O2. The molecule has 0 radical (unpaired) electrons. The summed E-state index contributed by atoms with van der Waals surface area (Å²) in [5, 5.41) is 0.681. The summed E-state index contributed by atoms with van der Waals surface area (Å²) < 4.78 is 12.2. The van der Waals surface area contributed by atoms with Crippen LogP contribution in [0.5, 0.6) is 11.5 Å². The number of rotatable bonds is 4. The van der Waals surface area contributed by atoms with Crippen LogP contribution >= 0.6 is 11.6 Å². The summed E-state index contributed by atoms with van der Waals surface area (Å²) in [6, 6.07) is 12.6. The molecule has 0 aromatic heterocycles. The molecule has 27 heavy (non-hydrogen) atoms. The van der Waals surface area contributed by atoms with E-state index in [1.807, 2.05) is 30.3 Å². The van der Waals surface area contributed by atoms with Gasteiger partial charge in [0.2, 0.25) is 0 Å². The van der Waals surface area contributed by atoms with Crippen LogP contribution in [0.2, 0.25) is 5.02 Å². The summed E-state index contributed by atoms with van der Waals surface area (Å²) in [4.78, 5) is 2.49. The second-order valence-corrected chi connectivity index (χ2v) is 8.08. The maximum absolute atomic E-state index is 6.59. The van der Waals surface area contributed by atoms with Crippen molar-refractivity contribution in [1.29, 1.82) is 0 Å². The predicted molar refractivity (Wildman–Crippen MR) is 109 cm³/mol. The van der Waals surface area contributed by atoms with Gasteiger partial charge in [0.15, 0.2) is 0 Å². The van der Waals surface area contributed by atoms with Crippen molar-refractivity contribution in [3.05, 3.63) is 58.1 Å². The number of fused-ring (bicyclic) bond motifs is 1. The van der Waals surface area contributed by atoms with E-state index in [-0.39, 0.29) is 18.2 Å². The Hall–Kier alpha value is -1.75. The van der Waals surface area contributed by atoms with Gasteiger partial charge in [-0.15, -0.1) is 0 Å². The summed E-state index contributed by atoms with van der Waals surface area (Å²) in [5.74, 6) is 1.76. The molecule has 0 unspecified atom stereocenters. The number of para-hydroxylation sites is 1. The highest BCUT2D eigenvalue weighted by Crippen LogP contribution is 2.44. The largest absolute Gasteiger partial charge is 0.496 e. The highest BCUT2D eigenvalue weighted by molar-refractivity contribution is 6.30. The van der Waals surface area contributed by atoms with Crippen molar-refractivity contribution in [1.82, 2.24) is 4.90 Å². The number of nitrogens with two attached hydrogens (primary N) is 1. The maximum Gasteiger partial charge on any atom is 0.140 e. The first-order valence-corrected chi connectivity index (χ1v) is 10.0. The molecule has 2 aromatic rings. The predicted octanol–water partition coefficient (Wildman–Crippen LogP) is 4.12. The third-order valence-corrected chi connectivity index (χ3v) is 6.02. The third kappa shape index (κ3) is 3.66. The average Bonchev–Trinajstić information content (AvgIpc) is 3.01. The molecule has 1 saturated heterocycles. The number of halogens is 1. The van der Waals surface area contributed by atoms with Crippen molar-refractivity contribution in [2.24, 2.45) is 5.73 Å². The molecule has 0 bridgehead atoms. The molecule has 4 nitrogen and oxygen atoms in total. The quantitative estimate of drug-likeness (QED) is 0.858. The van der Waals surface area contributed by atoms with Crippen LogP contribution in [0.1, 0.15) is 35.6 Å². The number of nitrogens with zero attached hydrogens (tertiary/aromatic N) is 1. The standard InChI is InChI=1S/C22H27ClN2O2/c1-14-6-3-4-8-20(14)27-22-18-10-15(23)11-21(26-2)17(18)12-19(22)25-9-5-7-16(24)13-25/h3-4,6,8,10-11,16,19,22H,5,7,9,12-13,24H2,1-2H3/t16-,19+,22+/m1/s1. The molecule has 0 amide bonds. The van der Waals surface area contributed by atoms with Crippen LogP contribution in [0.4, 0.5) is 0 Å². The minimum atomic E-state index is -0.0843. The molecule has 1 heterocycles. The number of methoxy groups -OCH3 is 1. The fourth-order valence-corrected chi connectivity index (χ4v) is 4.66. The van der Waals surface area contributed by atoms with Gasteiger partial charge in [0.1, 0.15) is 17.6 Å². The molecule has 3 atom stereocenters. The topological polar surface area (TPSA) is 47.7 Å². The van der Waals surface area contributed by atoms with Crippen LogP contribution in [0.3, 0.4) is 0 Å². The third-order valence-electron chi connectivity index (χ3n) is 5.80. The van der Waals surface area contributed by atoms with Crippen molar-refractivity contribution in [2.75, 3.05) is 20.2 Å². The summed E-state index contributed by atoms with van der Waals surface area (Å²) >= 11 is 6.39. The molecule has 0 saturated carbocycles. The molecule has 1 aliphatic carbocycles. The monoisotopic (exact) mass is 386 g/mol. The van der Waals surface area contributed by atoms with E-state index in [1.165, 1.54) is 5.56 Å². The number of hydrogen-bond acceptors (Lipinski definition) is 4. The first kappa shape index (κ1) is 18.6. The summed E-state index contributed by atoms with van der Waals surface area (Å²) in [5.41, 5.74) is 9.74. The van der Waals surface area contributed by atoms with Crippen molar-refractivity contribution in [2.45, 2.75) is 44.4 Å². The number of hydrogen-bond donors (Lipinski definition) is 1. The Morgan fingerprint density at radius 2 is 2.00 bits per heavy atom. The first-order valence-electron chi connectivity index (χ1n) is 9.65. The molecule has 2 N–H and O–H groups in total. The van der Waals surface area contributed by atoms with Gasteiger partial charge in [-0.25, -0.2) is 0 Å². The Labute approximate surface area is 166 Å². The van der Waals surface area contributed by atoms with E-state index >= 15 is 0 Å². The van der Waals surface area contributed by atoms with Gasteiger partial charge in [-0.3, -0.25) is 4.90 Å². The Bertz CT molecular complexity index is 826. The second-order valence-electron chi connectivity index (χ2n) is 7.65. The number of ether oxygens (including phenoxy) is 2. The smallest absolute Gasteiger partial charge is 0.140 e. The Morgan fingerprint density at radius 3 is 2.74 bits per heavy atom. The number of piperidine rings is 1. The second kappa shape index (κ2) is 7.70. The average molecular weight is 387 g/mol. The fraction of sp³-hybridized carbons (Fsp3) is 0.455. The van der Waals surface area contributed by atoms with Gasteiger partial charge in [-0.05, 0) is 56.5 Å². The summed E-state index contributed by atoms with van der Waals surface area (Å²) in [6.07, 6.45) is 3.02. The van der Waals surface area contributed by atoms with Crippen molar-refractivity contribution in [3.8, 4) is 11.5 Å². The fourth-order valence-electron chi connectivity index (χ4n) is 4.44. The van der Waals surface area contributed by atoms with Gasteiger partial charge >= 0.3 is 0 Å². The lowest BCUT2D eigenvalue weighted by molar-refractivity contribution is 0.0589. The zero-order valence-electron chi connectivity index (χ0n) is 16.0. The molecule has 2 aliphatic rings. The van der Waals surface area contributed by atoms with Gasteiger partial charge in [-0.2, -0.15) is 0 Å². The van der Waals surface area contributed by atoms with Gasteiger partial charge in [0.25, 0.3) is 0 Å². The minimum absolute atomic E-state index is 0.0843. The number of aryl methyl sites for hydroxylation is 1. The van der Waals surface area contributed by atoms with Crippen molar-refractivity contribution in [3.63, 3.8) is 0 Å². The van der Waals surface area contributed by atoms with E-state index in [0.29, 0.717) is 5.02 Å². The van der Waals surface area contributed by atoms with Gasteiger partial charge in [-0.1, -0.05) is 29.8 Å². The molecule has 1 aliphatic heterocycles. The lowest BCUT2D eigenvalue weighted by Gasteiger charge is -2.38. The highest BCUT2D eigenvalue weighted by atomic mass is 35.5. The van der Waals surface area contributed by atoms with Gasteiger partial charge in [0.05, 0.1) is 13.2 Å². The van der Waals surface area contributed by atoms with E-state index in [2.05, 4.69) is 17.9 Å².